The molecule has 0 aromatic carbocycles. The Labute approximate surface area is 89.1 Å². The molecule has 1 heterocycles. The number of nitrogens with zero attached hydrogens (tertiary/aromatic N) is 1. The van der Waals surface area contributed by atoms with Gasteiger partial charge in [0.05, 0.1) is 12.7 Å². The van der Waals surface area contributed by atoms with Crippen molar-refractivity contribution in [2.75, 3.05) is 6.61 Å². The Kier molecular flexibility index (Phi) is 4.55. The summed E-state index contributed by atoms with van der Waals surface area (Å²) in [5.74, 6) is -0.406. The van der Waals surface area contributed by atoms with E-state index in [4.69, 9.17) is 14.7 Å². The zero-order valence-corrected chi connectivity index (χ0v) is 9.10. The van der Waals surface area contributed by atoms with Crippen LogP contribution in [0.2, 0.25) is 0 Å². The number of aliphatic hydroxyl groups excluding tert-OH is 1. The lowest BCUT2D eigenvalue weighted by Gasteiger charge is -2.08. The van der Waals surface area contributed by atoms with Crippen molar-refractivity contribution in [3.05, 3.63) is 0 Å². The van der Waals surface area contributed by atoms with Crippen molar-refractivity contribution >= 4 is 11.7 Å². The van der Waals surface area contributed by atoms with E-state index in [0.717, 1.165) is 0 Å². The number of ether oxygens (including phenoxy) is 1. The number of hydrogen-bond donors (Lipinski definition) is 1. The number of rotatable bonds is 5. The van der Waals surface area contributed by atoms with Gasteiger partial charge in [0.15, 0.2) is 5.71 Å². The molecule has 1 aliphatic heterocycles. The van der Waals surface area contributed by atoms with Crippen LogP contribution in [-0.2, 0) is 14.4 Å². The Bertz CT molecular complexity index is 250. The second-order valence-electron chi connectivity index (χ2n) is 3.62. The molecule has 0 spiro atoms. The monoisotopic (exact) mass is 215 g/mol. The maximum absolute atomic E-state index is 11.2. The number of carbonyl (C=O) groups is 1. The molecule has 0 fully saturated rings. The van der Waals surface area contributed by atoms with Gasteiger partial charge in [-0.3, -0.25) is 0 Å². The minimum Gasteiger partial charge on any atom is -0.461 e. The van der Waals surface area contributed by atoms with Crippen LogP contribution in [0, 0.1) is 0 Å². The Hall–Kier alpha value is -1.10. The predicted octanol–water partition coefficient (Wildman–Crippen LogP) is 0.855. The molecule has 0 bridgehead atoms. The van der Waals surface area contributed by atoms with Crippen LogP contribution in [0.25, 0.3) is 0 Å². The molecule has 15 heavy (non-hydrogen) atoms. The van der Waals surface area contributed by atoms with Crippen LogP contribution >= 0.6 is 0 Å². The molecule has 1 rings (SSSR count). The fourth-order valence-corrected chi connectivity index (χ4v) is 1.35. The largest absolute Gasteiger partial charge is 0.461 e. The van der Waals surface area contributed by atoms with Gasteiger partial charge in [0.2, 0.25) is 0 Å². The average molecular weight is 215 g/mol. The van der Waals surface area contributed by atoms with E-state index < -0.39 is 5.97 Å². The molecule has 0 saturated carbocycles. The number of aliphatic hydroxyl groups is 1. The molecule has 2 unspecified atom stereocenters. The summed E-state index contributed by atoms with van der Waals surface area (Å²) in [6.07, 6.45) is 1.38. The summed E-state index contributed by atoms with van der Waals surface area (Å²) in [5, 5.41) is 12.8. The third-order valence-corrected chi connectivity index (χ3v) is 2.15. The highest BCUT2D eigenvalue weighted by atomic mass is 16.6. The number of hydrogen-bond acceptors (Lipinski definition) is 5. The van der Waals surface area contributed by atoms with Crippen LogP contribution < -0.4 is 0 Å². The van der Waals surface area contributed by atoms with Crippen LogP contribution in [0.15, 0.2) is 5.16 Å². The first kappa shape index (κ1) is 12.0. The summed E-state index contributed by atoms with van der Waals surface area (Å²) in [7, 11) is 0. The molecule has 5 heteroatoms. The number of oxime groups is 1. The molecule has 86 valence electrons. The summed E-state index contributed by atoms with van der Waals surface area (Å²) in [6, 6.07) is 0. The second kappa shape index (κ2) is 5.70. The zero-order chi connectivity index (χ0) is 11.3. The highest BCUT2D eigenvalue weighted by Gasteiger charge is 2.26. The highest BCUT2D eigenvalue weighted by molar-refractivity contribution is 6.36. The zero-order valence-electron chi connectivity index (χ0n) is 9.10. The molecule has 0 radical (unpaired) electrons. The molecule has 0 aliphatic carbocycles. The SMILES string of the molecule is CCOC(=O)C1=NOC(CCC(C)O)C1. The number of carbonyl (C=O) groups excluding carboxylic acids is 1. The first-order valence-corrected chi connectivity index (χ1v) is 5.21. The van der Waals surface area contributed by atoms with Crippen molar-refractivity contribution in [2.24, 2.45) is 5.16 Å². The van der Waals surface area contributed by atoms with E-state index in [2.05, 4.69) is 5.16 Å². The van der Waals surface area contributed by atoms with Crippen molar-refractivity contribution in [2.45, 2.75) is 45.3 Å². The molecule has 1 N–H and O–H groups in total. The lowest BCUT2D eigenvalue weighted by Crippen LogP contribution is -2.18. The standard InChI is InChI=1S/C10H17NO4/c1-3-14-10(13)9-6-8(15-11-9)5-4-7(2)12/h7-8,12H,3-6H2,1-2H3. The lowest BCUT2D eigenvalue weighted by molar-refractivity contribution is -0.135. The van der Waals surface area contributed by atoms with Gasteiger partial charge in [-0.1, -0.05) is 5.16 Å². The van der Waals surface area contributed by atoms with Crippen molar-refractivity contribution < 1.29 is 19.5 Å². The summed E-state index contributed by atoms with van der Waals surface area (Å²) in [6.45, 7) is 3.82. The van der Waals surface area contributed by atoms with Gasteiger partial charge in [0.1, 0.15) is 6.10 Å². The van der Waals surface area contributed by atoms with Crippen molar-refractivity contribution in [3.8, 4) is 0 Å². The maximum atomic E-state index is 11.2. The van der Waals surface area contributed by atoms with E-state index in [-0.39, 0.29) is 12.2 Å². The molecule has 5 nitrogen and oxygen atoms in total. The van der Waals surface area contributed by atoms with E-state index in [1.807, 2.05) is 0 Å². The molecular weight excluding hydrogens is 198 g/mol. The molecule has 1 aliphatic rings. The Balaban J connectivity index is 2.27. The minimum atomic E-state index is -0.406. The first-order chi connectivity index (χ1) is 7.13. The Morgan fingerprint density at radius 2 is 2.53 bits per heavy atom. The quantitative estimate of drug-likeness (QED) is 0.690. The Morgan fingerprint density at radius 1 is 1.80 bits per heavy atom. The highest BCUT2D eigenvalue weighted by Crippen LogP contribution is 2.17. The van der Waals surface area contributed by atoms with Crippen LogP contribution in [0.3, 0.4) is 0 Å². The molecule has 2 atom stereocenters. The second-order valence-corrected chi connectivity index (χ2v) is 3.62. The summed E-state index contributed by atoms with van der Waals surface area (Å²) >= 11 is 0. The molecule has 0 aromatic rings. The van der Waals surface area contributed by atoms with Crippen LogP contribution in [-0.4, -0.2) is 35.6 Å². The Morgan fingerprint density at radius 3 is 3.13 bits per heavy atom. The third-order valence-electron chi connectivity index (χ3n) is 2.15. The van der Waals surface area contributed by atoms with Gasteiger partial charge < -0.3 is 14.7 Å². The topological polar surface area (TPSA) is 68.1 Å². The third kappa shape index (κ3) is 3.87. The van der Waals surface area contributed by atoms with Gasteiger partial charge in [-0.15, -0.1) is 0 Å². The van der Waals surface area contributed by atoms with Crippen molar-refractivity contribution in [1.29, 1.82) is 0 Å². The van der Waals surface area contributed by atoms with E-state index in [9.17, 15) is 4.79 Å². The van der Waals surface area contributed by atoms with Crippen molar-refractivity contribution in [1.82, 2.24) is 0 Å². The fourth-order valence-electron chi connectivity index (χ4n) is 1.35. The van der Waals surface area contributed by atoms with Crippen LogP contribution in [0.5, 0.6) is 0 Å². The molecular formula is C10H17NO4. The van der Waals surface area contributed by atoms with Crippen LogP contribution in [0.1, 0.15) is 33.1 Å². The average Bonchev–Trinajstić information content (AvgIpc) is 2.63. The predicted molar refractivity (Wildman–Crippen MR) is 54.5 cm³/mol. The van der Waals surface area contributed by atoms with E-state index in [1.165, 1.54) is 0 Å². The van der Waals surface area contributed by atoms with Gasteiger partial charge in [0, 0.05) is 6.42 Å². The minimum absolute atomic E-state index is 0.0981. The normalized spacial score (nSPS) is 21.8. The van der Waals surface area contributed by atoms with Gasteiger partial charge in [-0.05, 0) is 26.7 Å². The molecule has 0 saturated heterocycles. The van der Waals surface area contributed by atoms with E-state index >= 15 is 0 Å². The number of esters is 1. The summed E-state index contributed by atoms with van der Waals surface area (Å²) in [5.41, 5.74) is 0.340. The van der Waals surface area contributed by atoms with Gasteiger partial charge in [0.25, 0.3) is 0 Å². The van der Waals surface area contributed by atoms with Crippen LogP contribution in [0.4, 0.5) is 0 Å². The lowest BCUT2D eigenvalue weighted by atomic mass is 10.1. The summed E-state index contributed by atoms with van der Waals surface area (Å²) < 4.78 is 4.80. The molecule has 0 amide bonds. The smallest absolute Gasteiger partial charge is 0.356 e. The van der Waals surface area contributed by atoms with Gasteiger partial charge in [-0.25, -0.2) is 4.79 Å². The van der Waals surface area contributed by atoms with E-state index in [1.54, 1.807) is 13.8 Å². The summed E-state index contributed by atoms with van der Waals surface area (Å²) in [4.78, 5) is 16.3. The first-order valence-electron chi connectivity index (χ1n) is 5.21. The fraction of sp³-hybridized carbons (Fsp3) is 0.800. The van der Waals surface area contributed by atoms with Crippen molar-refractivity contribution in [3.63, 3.8) is 0 Å². The maximum Gasteiger partial charge on any atom is 0.356 e. The van der Waals surface area contributed by atoms with E-state index in [0.29, 0.717) is 31.6 Å². The van der Waals surface area contributed by atoms with Gasteiger partial charge >= 0.3 is 5.97 Å². The molecule has 0 aromatic heterocycles. The van der Waals surface area contributed by atoms with Gasteiger partial charge in [-0.2, -0.15) is 0 Å².